The first-order valence-corrected chi connectivity index (χ1v) is 9.89. The zero-order chi connectivity index (χ0) is 17.9. The molecular formula is C17H23NO5S. The number of likely N-dealkylation sites (tertiary alicyclic amines) is 1. The summed E-state index contributed by atoms with van der Waals surface area (Å²) in [6, 6.07) is 4.73. The number of aliphatic carboxylic acids is 1. The number of hydrogen-bond acceptors (Lipinski definition) is 4. The van der Waals surface area contributed by atoms with Gasteiger partial charge in [-0.2, -0.15) is 0 Å². The van der Waals surface area contributed by atoms with Crippen molar-refractivity contribution in [1.29, 1.82) is 0 Å². The highest BCUT2D eigenvalue weighted by atomic mass is 32.2. The van der Waals surface area contributed by atoms with Gasteiger partial charge in [0.05, 0.1) is 4.90 Å². The first-order valence-electron chi connectivity index (χ1n) is 8.00. The Hall–Kier alpha value is -1.89. The van der Waals surface area contributed by atoms with Gasteiger partial charge in [-0.1, -0.05) is 6.07 Å². The Kier molecular flexibility index (Phi) is 5.64. The fourth-order valence-corrected chi connectivity index (χ4v) is 4.12. The minimum atomic E-state index is -3.39. The van der Waals surface area contributed by atoms with E-state index in [1.165, 1.54) is 6.07 Å². The highest BCUT2D eigenvalue weighted by Gasteiger charge is 2.25. The van der Waals surface area contributed by atoms with Gasteiger partial charge in [0.25, 0.3) is 5.91 Å². The predicted octanol–water partition coefficient (Wildman–Crippen LogP) is 2.12. The molecule has 1 aromatic rings. The van der Waals surface area contributed by atoms with Crippen molar-refractivity contribution < 1.29 is 23.1 Å². The van der Waals surface area contributed by atoms with Crippen LogP contribution in [-0.2, 0) is 14.6 Å². The second-order valence-corrected chi connectivity index (χ2v) is 8.43. The van der Waals surface area contributed by atoms with Crippen LogP contribution in [0.4, 0.5) is 0 Å². The Labute approximate surface area is 142 Å². The second-order valence-electron chi connectivity index (χ2n) is 6.44. The van der Waals surface area contributed by atoms with Crippen LogP contribution in [0.15, 0.2) is 23.1 Å². The maximum atomic E-state index is 12.7. The van der Waals surface area contributed by atoms with Crippen LogP contribution in [0.5, 0.6) is 0 Å². The summed E-state index contributed by atoms with van der Waals surface area (Å²) in [5, 5.41) is 8.79. The number of piperidine rings is 1. The van der Waals surface area contributed by atoms with E-state index in [0.717, 1.165) is 19.1 Å². The zero-order valence-electron chi connectivity index (χ0n) is 14.0. The lowest BCUT2D eigenvalue weighted by Gasteiger charge is -2.32. The number of sulfone groups is 1. The maximum absolute atomic E-state index is 12.7. The summed E-state index contributed by atoms with van der Waals surface area (Å²) in [5.41, 5.74) is 0.979. The van der Waals surface area contributed by atoms with E-state index in [0.29, 0.717) is 30.6 Å². The summed E-state index contributed by atoms with van der Waals surface area (Å²) in [4.78, 5) is 25.3. The van der Waals surface area contributed by atoms with Crippen LogP contribution in [0.3, 0.4) is 0 Å². The van der Waals surface area contributed by atoms with Crippen molar-refractivity contribution >= 4 is 21.7 Å². The van der Waals surface area contributed by atoms with E-state index in [1.54, 1.807) is 24.0 Å². The first kappa shape index (κ1) is 18.4. The van der Waals surface area contributed by atoms with Gasteiger partial charge in [-0.05, 0) is 49.8 Å². The fraction of sp³-hybridized carbons (Fsp3) is 0.529. The Morgan fingerprint density at radius 2 is 2.04 bits per heavy atom. The minimum absolute atomic E-state index is 0.107. The smallest absolute Gasteiger partial charge is 0.303 e. The molecule has 1 atom stereocenters. The molecule has 1 saturated heterocycles. The van der Waals surface area contributed by atoms with E-state index in [4.69, 9.17) is 5.11 Å². The van der Waals surface area contributed by atoms with Gasteiger partial charge in [-0.3, -0.25) is 9.59 Å². The van der Waals surface area contributed by atoms with Gasteiger partial charge >= 0.3 is 5.97 Å². The highest BCUT2D eigenvalue weighted by Crippen LogP contribution is 2.24. The second kappa shape index (κ2) is 7.34. The molecule has 0 aliphatic carbocycles. The lowest BCUT2D eigenvalue weighted by molar-refractivity contribution is -0.137. The fourth-order valence-electron chi connectivity index (χ4n) is 3.13. The largest absolute Gasteiger partial charge is 0.481 e. The molecule has 7 heteroatoms. The molecule has 1 aromatic carbocycles. The first-order chi connectivity index (χ1) is 11.2. The minimum Gasteiger partial charge on any atom is -0.481 e. The molecule has 2 rings (SSSR count). The number of carbonyl (C=O) groups is 2. The molecule has 1 aliphatic rings. The number of nitrogens with zero attached hydrogens (tertiary/aromatic N) is 1. The molecule has 1 aliphatic heterocycles. The molecule has 0 bridgehead atoms. The molecule has 1 fully saturated rings. The van der Waals surface area contributed by atoms with Crippen LogP contribution < -0.4 is 0 Å². The Morgan fingerprint density at radius 3 is 2.67 bits per heavy atom. The van der Waals surface area contributed by atoms with Gasteiger partial charge in [0.2, 0.25) is 0 Å². The topological polar surface area (TPSA) is 91.8 Å². The lowest BCUT2D eigenvalue weighted by Crippen LogP contribution is -2.40. The maximum Gasteiger partial charge on any atom is 0.303 e. The normalized spacial score (nSPS) is 18.4. The zero-order valence-corrected chi connectivity index (χ0v) is 14.8. The average Bonchev–Trinajstić information content (AvgIpc) is 2.52. The Bertz CT molecular complexity index is 741. The van der Waals surface area contributed by atoms with Gasteiger partial charge in [-0.25, -0.2) is 8.42 Å². The summed E-state index contributed by atoms with van der Waals surface area (Å²) in [6.45, 7) is 2.84. The van der Waals surface area contributed by atoms with Crippen LogP contribution in [0, 0.1) is 12.8 Å². The third-order valence-corrected chi connectivity index (χ3v) is 5.65. The number of carboxylic acids is 1. The molecular weight excluding hydrogens is 330 g/mol. The van der Waals surface area contributed by atoms with Gasteiger partial charge in [-0.15, -0.1) is 0 Å². The van der Waals surface area contributed by atoms with Gasteiger partial charge in [0.1, 0.15) is 0 Å². The van der Waals surface area contributed by atoms with Crippen LogP contribution in [0.1, 0.15) is 41.6 Å². The standard InChI is InChI=1S/C17H23NO5S/c1-12-5-7-14(10-15(12)24(2,22)23)17(21)18-9-3-4-13(11-18)6-8-16(19)20/h5,7,10,13H,3-4,6,8-9,11H2,1-2H3,(H,19,20). The van der Waals surface area contributed by atoms with Crippen molar-refractivity contribution in [2.24, 2.45) is 5.92 Å². The number of benzene rings is 1. The number of aryl methyl sites for hydroxylation is 1. The molecule has 6 nitrogen and oxygen atoms in total. The number of hydrogen-bond donors (Lipinski definition) is 1. The van der Waals surface area contributed by atoms with Gasteiger partial charge in [0.15, 0.2) is 9.84 Å². The van der Waals surface area contributed by atoms with E-state index in [1.807, 2.05) is 0 Å². The summed E-state index contributed by atoms with van der Waals surface area (Å²) in [6.07, 6.45) is 3.55. The number of amides is 1. The molecule has 1 unspecified atom stereocenters. The van der Waals surface area contributed by atoms with E-state index >= 15 is 0 Å². The van der Waals surface area contributed by atoms with Crippen LogP contribution in [0.25, 0.3) is 0 Å². The summed E-state index contributed by atoms with van der Waals surface area (Å²) in [5.74, 6) is -0.840. The molecule has 0 spiro atoms. The number of carboxylic acid groups (broad SMARTS) is 1. The summed E-state index contributed by atoms with van der Waals surface area (Å²) in [7, 11) is -3.39. The molecule has 24 heavy (non-hydrogen) atoms. The van der Waals surface area contributed by atoms with E-state index in [2.05, 4.69) is 0 Å². The van der Waals surface area contributed by atoms with E-state index < -0.39 is 15.8 Å². The summed E-state index contributed by atoms with van der Waals surface area (Å²) >= 11 is 0. The van der Waals surface area contributed by atoms with Crippen LogP contribution in [0.2, 0.25) is 0 Å². The van der Waals surface area contributed by atoms with Gasteiger partial charge < -0.3 is 10.0 Å². The predicted molar refractivity (Wildman–Crippen MR) is 89.8 cm³/mol. The molecule has 0 saturated carbocycles. The monoisotopic (exact) mass is 353 g/mol. The Balaban J connectivity index is 2.15. The molecule has 0 radical (unpaired) electrons. The van der Waals surface area contributed by atoms with Crippen molar-refractivity contribution in [1.82, 2.24) is 4.90 Å². The summed E-state index contributed by atoms with van der Waals surface area (Å²) < 4.78 is 23.7. The number of rotatable bonds is 5. The van der Waals surface area contributed by atoms with Crippen molar-refractivity contribution in [3.8, 4) is 0 Å². The third kappa shape index (κ3) is 4.56. The highest BCUT2D eigenvalue weighted by molar-refractivity contribution is 7.90. The average molecular weight is 353 g/mol. The molecule has 1 heterocycles. The van der Waals surface area contributed by atoms with Crippen LogP contribution in [-0.4, -0.2) is 49.6 Å². The quantitative estimate of drug-likeness (QED) is 0.875. The molecule has 1 N–H and O–H groups in total. The molecule has 132 valence electrons. The van der Waals surface area contributed by atoms with Crippen molar-refractivity contribution in [2.45, 2.75) is 37.5 Å². The SMILES string of the molecule is Cc1ccc(C(=O)N2CCCC(CCC(=O)O)C2)cc1S(C)(=O)=O. The molecule has 1 amide bonds. The van der Waals surface area contributed by atoms with Crippen molar-refractivity contribution in [2.75, 3.05) is 19.3 Å². The Morgan fingerprint density at radius 1 is 1.33 bits per heavy atom. The number of carbonyl (C=O) groups excluding carboxylic acids is 1. The third-order valence-electron chi connectivity index (χ3n) is 4.41. The van der Waals surface area contributed by atoms with Crippen molar-refractivity contribution in [3.05, 3.63) is 29.3 Å². The molecule has 0 aromatic heterocycles. The van der Waals surface area contributed by atoms with Crippen LogP contribution >= 0.6 is 0 Å². The van der Waals surface area contributed by atoms with E-state index in [-0.39, 0.29) is 23.1 Å². The van der Waals surface area contributed by atoms with Crippen molar-refractivity contribution in [3.63, 3.8) is 0 Å². The van der Waals surface area contributed by atoms with E-state index in [9.17, 15) is 18.0 Å². The lowest BCUT2D eigenvalue weighted by atomic mass is 9.93. The van der Waals surface area contributed by atoms with Gasteiger partial charge in [0, 0.05) is 31.3 Å².